The highest BCUT2D eigenvalue weighted by atomic mass is 19.4. The molecule has 40 heavy (non-hydrogen) atoms. The number of benzene rings is 2. The van der Waals surface area contributed by atoms with Crippen LogP contribution in [0, 0.1) is 17.7 Å². The number of pyridine rings is 1. The van der Waals surface area contributed by atoms with E-state index in [4.69, 9.17) is 4.74 Å². The molecule has 0 unspecified atom stereocenters. The van der Waals surface area contributed by atoms with Crippen LogP contribution in [-0.2, 0) is 11.0 Å². The van der Waals surface area contributed by atoms with Crippen molar-refractivity contribution in [1.82, 2.24) is 9.88 Å². The number of aliphatic hydroxyl groups is 1. The summed E-state index contributed by atoms with van der Waals surface area (Å²) in [7, 11) is 1.57. The van der Waals surface area contributed by atoms with Gasteiger partial charge in [-0.3, -0.25) is 14.7 Å². The van der Waals surface area contributed by atoms with Crippen LogP contribution in [0.15, 0.2) is 48.7 Å². The van der Waals surface area contributed by atoms with E-state index < -0.39 is 35.5 Å². The minimum absolute atomic E-state index is 0.00509. The number of ether oxygens (including phenoxy) is 1. The van der Waals surface area contributed by atoms with Crippen LogP contribution in [0.25, 0.3) is 10.9 Å². The van der Waals surface area contributed by atoms with Gasteiger partial charge in [-0.1, -0.05) is 0 Å². The Bertz CT molecular complexity index is 1380. The van der Waals surface area contributed by atoms with Crippen LogP contribution in [0.4, 0.5) is 17.6 Å². The van der Waals surface area contributed by atoms with Crippen molar-refractivity contribution in [2.45, 2.75) is 56.3 Å². The molecule has 214 valence electrons. The van der Waals surface area contributed by atoms with Crippen molar-refractivity contribution in [2.75, 3.05) is 20.2 Å². The number of likely N-dealkylation sites (tertiary alicyclic amines) is 1. The third-order valence-corrected chi connectivity index (χ3v) is 8.65. The maximum absolute atomic E-state index is 14.3. The second-order valence-corrected chi connectivity index (χ2v) is 10.9. The first-order valence-corrected chi connectivity index (χ1v) is 13.5. The number of carboxylic acid groups (broad SMARTS) is 1. The van der Waals surface area contributed by atoms with Gasteiger partial charge in [0.15, 0.2) is 0 Å². The van der Waals surface area contributed by atoms with Gasteiger partial charge in [-0.05, 0) is 104 Å². The average molecular weight is 561 g/mol. The molecular weight excluding hydrogens is 528 g/mol. The van der Waals surface area contributed by atoms with Crippen molar-refractivity contribution in [1.29, 1.82) is 0 Å². The lowest BCUT2D eigenvalue weighted by molar-refractivity contribution is -0.147. The molecule has 10 heteroatoms. The van der Waals surface area contributed by atoms with E-state index in [2.05, 4.69) is 9.88 Å². The first kappa shape index (κ1) is 28.3. The van der Waals surface area contributed by atoms with Crippen LogP contribution >= 0.6 is 0 Å². The van der Waals surface area contributed by atoms with Crippen LogP contribution in [0.3, 0.4) is 0 Å². The van der Waals surface area contributed by atoms with Gasteiger partial charge in [0.05, 0.1) is 30.2 Å². The standard InChI is InChI=1S/C30H32F4N2O4/c1-40-21-4-6-27-24(15-21)22(8-10-35-27)28(37)7-2-17-9-11-36(16-25(17)29(38)39)20-12-18(13-20)23-14-19(30(32,33)34)3-5-26(23)31/h3-6,8,10,14-15,17-18,20,25,28,37H,2,7,9,11-13,16H2,1H3,(H,38,39)/t17-,18?,20?,25+,28+/m1/s1. The molecular formula is C30H32F4N2O4. The summed E-state index contributed by atoms with van der Waals surface area (Å²) in [4.78, 5) is 18.6. The number of piperidine rings is 1. The summed E-state index contributed by atoms with van der Waals surface area (Å²) in [5, 5.41) is 21.8. The maximum Gasteiger partial charge on any atom is 0.416 e. The Morgan fingerprint density at radius 3 is 2.65 bits per heavy atom. The fourth-order valence-electron chi connectivity index (χ4n) is 6.25. The Kier molecular flexibility index (Phi) is 8.01. The van der Waals surface area contributed by atoms with Gasteiger partial charge in [-0.2, -0.15) is 13.2 Å². The second-order valence-electron chi connectivity index (χ2n) is 10.9. The van der Waals surface area contributed by atoms with Crippen molar-refractivity contribution >= 4 is 16.9 Å². The molecule has 2 aliphatic rings. The topological polar surface area (TPSA) is 82.9 Å². The summed E-state index contributed by atoms with van der Waals surface area (Å²) in [6.45, 7) is 0.982. The number of carboxylic acids is 1. The van der Waals surface area contributed by atoms with E-state index in [1.807, 2.05) is 12.1 Å². The molecule has 3 aromatic rings. The molecule has 2 heterocycles. The summed E-state index contributed by atoms with van der Waals surface area (Å²) in [5.74, 6) is -1.96. The van der Waals surface area contributed by atoms with Crippen LogP contribution in [0.1, 0.15) is 60.8 Å². The molecule has 1 aliphatic carbocycles. The number of aliphatic hydroxyl groups excluding tert-OH is 1. The number of methoxy groups -OCH3 is 1. The second kappa shape index (κ2) is 11.3. The Balaban J connectivity index is 1.20. The molecule has 3 atom stereocenters. The summed E-state index contributed by atoms with van der Waals surface area (Å²) < 4.78 is 59.0. The van der Waals surface area contributed by atoms with Crippen molar-refractivity contribution in [2.24, 2.45) is 11.8 Å². The van der Waals surface area contributed by atoms with E-state index >= 15 is 0 Å². The number of carbonyl (C=O) groups is 1. The Hall–Kier alpha value is -3.24. The molecule has 1 aromatic heterocycles. The molecule has 5 rings (SSSR count). The summed E-state index contributed by atoms with van der Waals surface area (Å²) in [6.07, 6.45) is -1.14. The highest BCUT2D eigenvalue weighted by molar-refractivity contribution is 5.83. The van der Waals surface area contributed by atoms with E-state index in [1.54, 1.807) is 25.4 Å². The van der Waals surface area contributed by atoms with Crippen LogP contribution in [0.5, 0.6) is 5.75 Å². The third kappa shape index (κ3) is 5.78. The van der Waals surface area contributed by atoms with E-state index in [-0.39, 0.29) is 23.4 Å². The number of halogens is 4. The van der Waals surface area contributed by atoms with E-state index in [0.29, 0.717) is 50.9 Å². The summed E-state index contributed by atoms with van der Waals surface area (Å²) >= 11 is 0. The lowest BCUT2D eigenvalue weighted by Crippen LogP contribution is -2.52. The Labute approximate surface area is 229 Å². The molecule has 6 nitrogen and oxygen atoms in total. The Morgan fingerprint density at radius 1 is 1.18 bits per heavy atom. The van der Waals surface area contributed by atoms with Crippen LogP contribution in [0.2, 0.25) is 0 Å². The lowest BCUT2D eigenvalue weighted by atomic mass is 9.72. The maximum atomic E-state index is 14.3. The molecule has 0 amide bonds. The van der Waals surface area contributed by atoms with Gasteiger partial charge < -0.3 is 14.9 Å². The molecule has 1 saturated carbocycles. The van der Waals surface area contributed by atoms with Gasteiger partial charge in [0.2, 0.25) is 0 Å². The highest BCUT2D eigenvalue weighted by Gasteiger charge is 2.42. The highest BCUT2D eigenvalue weighted by Crippen LogP contribution is 2.44. The molecule has 1 saturated heterocycles. The molecule has 0 bridgehead atoms. The molecule has 0 spiro atoms. The number of nitrogens with zero attached hydrogens (tertiary/aromatic N) is 2. The molecule has 2 aromatic carbocycles. The first-order chi connectivity index (χ1) is 19.0. The number of rotatable bonds is 8. The van der Waals surface area contributed by atoms with Gasteiger partial charge in [0.1, 0.15) is 11.6 Å². The number of hydrogen-bond donors (Lipinski definition) is 2. The van der Waals surface area contributed by atoms with Gasteiger partial charge in [0.25, 0.3) is 0 Å². The lowest BCUT2D eigenvalue weighted by Gasteiger charge is -2.47. The largest absolute Gasteiger partial charge is 0.497 e. The van der Waals surface area contributed by atoms with E-state index in [9.17, 15) is 32.6 Å². The zero-order valence-electron chi connectivity index (χ0n) is 22.1. The zero-order valence-corrected chi connectivity index (χ0v) is 22.1. The van der Waals surface area contributed by atoms with Gasteiger partial charge in [-0.25, -0.2) is 4.39 Å². The average Bonchev–Trinajstić information content (AvgIpc) is 2.90. The monoisotopic (exact) mass is 560 g/mol. The predicted octanol–water partition coefficient (Wildman–Crippen LogP) is 6.18. The Morgan fingerprint density at radius 2 is 1.95 bits per heavy atom. The fourth-order valence-corrected chi connectivity index (χ4v) is 6.25. The number of hydrogen-bond acceptors (Lipinski definition) is 5. The molecule has 0 radical (unpaired) electrons. The minimum atomic E-state index is -4.53. The van der Waals surface area contributed by atoms with Crippen molar-refractivity contribution in [3.05, 3.63) is 71.2 Å². The summed E-state index contributed by atoms with van der Waals surface area (Å²) in [6, 6.07) is 9.75. The van der Waals surface area contributed by atoms with Gasteiger partial charge >= 0.3 is 12.1 Å². The first-order valence-electron chi connectivity index (χ1n) is 13.5. The van der Waals surface area contributed by atoms with E-state index in [0.717, 1.165) is 34.7 Å². The number of aliphatic carboxylic acids is 1. The fraction of sp³-hybridized carbons (Fsp3) is 0.467. The smallest absolute Gasteiger partial charge is 0.416 e. The quantitative estimate of drug-likeness (QED) is 0.320. The van der Waals surface area contributed by atoms with E-state index in [1.165, 1.54) is 0 Å². The number of aromatic nitrogens is 1. The summed E-state index contributed by atoms with van der Waals surface area (Å²) in [5.41, 5.74) is 0.666. The molecule has 2 fully saturated rings. The van der Waals surface area contributed by atoms with Crippen LogP contribution < -0.4 is 4.74 Å². The predicted molar refractivity (Wildman–Crippen MR) is 140 cm³/mol. The normalized spacial score (nSPS) is 24.4. The van der Waals surface area contributed by atoms with Crippen LogP contribution in [-0.4, -0.2) is 52.3 Å². The number of fused-ring (bicyclic) bond motifs is 1. The van der Waals surface area contributed by atoms with Crippen molar-refractivity contribution in [3.63, 3.8) is 0 Å². The molecule has 1 aliphatic heterocycles. The minimum Gasteiger partial charge on any atom is -0.497 e. The molecule has 2 N–H and O–H groups in total. The third-order valence-electron chi connectivity index (χ3n) is 8.65. The SMILES string of the molecule is COc1ccc2nccc([C@@H](O)CC[C@@H]3CCN(C4CC(c5cc(C(F)(F)F)ccc5F)C4)C[C@@H]3C(=O)O)c2c1. The zero-order chi connectivity index (χ0) is 28.6. The van der Waals surface area contributed by atoms with Gasteiger partial charge in [0, 0.05) is 24.2 Å². The van der Waals surface area contributed by atoms with Gasteiger partial charge in [-0.15, -0.1) is 0 Å². The van der Waals surface area contributed by atoms with Crippen molar-refractivity contribution < 1.29 is 37.3 Å². The number of alkyl halides is 3. The van der Waals surface area contributed by atoms with Crippen molar-refractivity contribution in [3.8, 4) is 5.75 Å².